The molecule has 10 nitrogen and oxygen atoms in total. The minimum Gasteiger partial charge on any atom is -0.344 e. The number of piperazine rings is 1. The molecule has 1 saturated carbocycles. The molecule has 3 aromatic rings. The van der Waals surface area contributed by atoms with Gasteiger partial charge in [-0.25, -0.2) is 0 Å². The highest BCUT2D eigenvalue weighted by atomic mass is 16.2. The number of benzene rings is 2. The Balaban J connectivity index is 1.18. The van der Waals surface area contributed by atoms with Crippen LogP contribution in [0.25, 0.3) is 0 Å². The highest BCUT2D eigenvalue weighted by Crippen LogP contribution is 2.27. The summed E-state index contributed by atoms with van der Waals surface area (Å²) in [5.41, 5.74) is 3.71. The Labute approximate surface area is 303 Å². The molecule has 274 valence electrons. The number of nitrogens with zero attached hydrogens (tertiary/aromatic N) is 4. The molecule has 2 aromatic carbocycles. The number of hydrogen-bond donors (Lipinski definition) is 2. The van der Waals surface area contributed by atoms with Gasteiger partial charge >= 0.3 is 0 Å². The highest BCUT2D eigenvalue weighted by molar-refractivity contribution is 5.97. The van der Waals surface area contributed by atoms with Gasteiger partial charge in [0.2, 0.25) is 11.8 Å². The van der Waals surface area contributed by atoms with Gasteiger partial charge in [0.05, 0.1) is 6.04 Å². The van der Waals surface area contributed by atoms with E-state index >= 15 is 0 Å². The third-order valence-corrected chi connectivity index (χ3v) is 10.4. The van der Waals surface area contributed by atoms with E-state index in [1.807, 2.05) is 61.2 Å². The van der Waals surface area contributed by atoms with Gasteiger partial charge < -0.3 is 15.5 Å². The van der Waals surface area contributed by atoms with Crippen LogP contribution >= 0.6 is 0 Å². The van der Waals surface area contributed by atoms with Crippen molar-refractivity contribution in [3.63, 3.8) is 0 Å². The number of aryl methyl sites for hydroxylation is 1. The number of carbonyl (C=O) groups is 4. The maximum Gasteiger partial charge on any atom is 0.270 e. The van der Waals surface area contributed by atoms with Crippen LogP contribution in [-0.2, 0) is 33.8 Å². The smallest absolute Gasteiger partial charge is 0.270 e. The lowest BCUT2D eigenvalue weighted by atomic mass is 9.87. The first-order chi connectivity index (χ1) is 24.7. The topological polar surface area (TPSA) is 117 Å². The van der Waals surface area contributed by atoms with Crippen molar-refractivity contribution in [2.45, 2.75) is 110 Å². The zero-order chi connectivity index (χ0) is 36.2. The van der Waals surface area contributed by atoms with Crippen molar-refractivity contribution in [1.82, 2.24) is 30.2 Å². The van der Waals surface area contributed by atoms with E-state index in [1.165, 1.54) is 5.56 Å². The van der Waals surface area contributed by atoms with Gasteiger partial charge in [-0.3, -0.25) is 28.8 Å². The van der Waals surface area contributed by atoms with Crippen LogP contribution in [0.5, 0.6) is 0 Å². The van der Waals surface area contributed by atoms with E-state index in [1.54, 1.807) is 23.9 Å². The summed E-state index contributed by atoms with van der Waals surface area (Å²) in [5.74, 6) is -0.251. The van der Waals surface area contributed by atoms with Gasteiger partial charge in [-0.15, -0.1) is 0 Å². The molecule has 2 atom stereocenters. The molecule has 1 aromatic heterocycles. The van der Waals surface area contributed by atoms with Crippen LogP contribution in [0.1, 0.15) is 105 Å². The molecule has 0 bridgehead atoms. The number of ketones is 1. The number of aromatic nitrogens is 2. The molecule has 5 rings (SSSR count). The molecule has 0 spiro atoms. The second kappa shape index (κ2) is 18.8. The van der Waals surface area contributed by atoms with Crippen LogP contribution in [0.15, 0.2) is 66.9 Å². The Morgan fingerprint density at radius 3 is 2.12 bits per heavy atom. The van der Waals surface area contributed by atoms with Gasteiger partial charge in [-0.1, -0.05) is 87.2 Å². The Hall–Kier alpha value is -4.31. The van der Waals surface area contributed by atoms with E-state index < -0.39 is 12.1 Å². The molecule has 0 unspecified atom stereocenters. The first kappa shape index (κ1) is 37.9. The molecule has 51 heavy (non-hydrogen) atoms. The largest absolute Gasteiger partial charge is 0.344 e. The molecular formula is C41H56N6O4. The van der Waals surface area contributed by atoms with Crippen molar-refractivity contribution in [2.24, 2.45) is 5.92 Å². The van der Waals surface area contributed by atoms with E-state index in [0.29, 0.717) is 44.5 Å². The first-order valence-electron chi connectivity index (χ1n) is 19.0. The lowest BCUT2D eigenvalue weighted by Gasteiger charge is -2.36. The van der Waals surface area contributed by atoms with Crippen molar-refractivity contribution in [2.75, 3.05) is 26.2 Å². The number of carbonyl (C=O) groups excluding carboxylic acids is 4. The molecule has 2 heterocycles. The number of rotatable bonds is 15. The molecule has 0 radical (unpaired) electrons. The van der Waals surface area contributed by atoms with Crippen LogP contribution in [0.4, 0.5) is 0 Å². The van der Waals surface area contributed by atoms with Gasteiger partial charge in [0, 0.05) is 64.2 Å². The van der Waals surface area contributed by atoms with Crippen LogP contribution in [0, 0.1) is 5.92 Å². The lowest BCUT2D eigenvalue weighted by molar-refractivity contribution is -0.138. The first-order valence-corrected chi connectivity index (χ1v) is 19.0. The minimum absolute atomic E-state index is 0.0351. The summed E-state index contributed by atoms with van der Waals surface area (Å²) in [4.78, 5) is 57.6. The third kappa shape index (κ3) is 10.8. The van der Waals surface area contributed by atoms with Crippen LogP contribution in [0.3, 0.4) is 0 Å². The van der Waals surface area contributed by atoms with Crippen LogP contribution in [-0.4, -0.2) is 81.3 Å². The standard InChI is InChI=1S/C41H56N6O4/c1-4-38(49)43-35(41(51)46-26-24-45(25-27-46)29-33-12-8-7-9-13-33)28-32-18-16-31(17-19-32)20-21-37(48)39(34-14-10-5-6-11-15-34)44-40(50)36-22-23-42-47(36)30(2)3/h7-9,12-13,16-19,22-23,30,34-35,39H,4-6,10-11,14-15,20-21,24-29H2,1-3H3,(H,43,49)(H,44,50)/t35-,39+/m1/s1. The fourth-order valence-corrected chi connectivity index (χ4v) is 7.41. The Morgan fingerprint density at radius 1 is 0.804 bits per heavy atom. The fraction of sp³-hybridized carbons (Fsp3) is 0.537. The van der Waals surface area contributed by atoms with Gasteiger partial charge in [-0.05, 0) is 61.8 Å². The predicted molar refractivity (Wildman–Crippen MR) is 199 cm³/mol. The van der Waals surface area contributed by atoms with Crippen molar-refractivity contribution >= 4 is 23.5 Å². The van der Waals surface area contributed by atoms with E-state index in [0.717, 1.165) is 69.3 Å². The van der Waals surface area contributed by atoms with Crippen molar-refractivity contribution < 1.29 is 19.2 Å². The Bertz CT molecular complexity index is 1570. The molecule has 1 saturated heterocycles. The lowest BCUT2D eigenvalue weighted by Crippen LogP contribution is -2.55. The third-order valence-electron chi connectivity index (χ3n) is 10.4. The van der Waals surface area contributed by atoms with E-state index in [-0.39, 0.29) is 35.5 Å². The van der Waals surface area contributed by atoms with Crippen LogP contribution < -0.4 is 10.6 Å². The summed E-state index contributed by atoms with van der Waals surface area (Å²) >= 11 is 0. The summed E-state index contributed by atoms with van der Waals surface area (Å²) in [5, 5.41) is 10.4. The minimum atomic E-state index is -0.638. The normalized spacial score (nSPS) is 17.1. The van der Waals surface area contributed by atoms with Gasteiger partial charge in [0.1, 0.15) is 11.7 Å². The zero-order valence-corrected chi connectivity index (χ0v) is 30.7. The molecule has 3 amide bonds. The average molecular weight is 697 g/mol. The molecule has 1 aliphatic carbocycles. The van der Waals surface area contributed by atoms with Crippen LogP contribution in [0.2, 0.25) is 0 Å². The summed E-state index contributed by atoms with van der Waals surface area (Å²) in [6, 6.07) is 18.9. The molecular weight excluding hydrogens is 640 g/mol. The van der Waals surface area contributed by atoms with Crippen molar-refractivity contribution in [1.29, 1.82) is 0 Å². The number of amides is 3. The molecule has 1 aliphatic heterocycles. The maximum absolute atomic E-state index is 13.8. The molecule has 2 fully saturated rings. The summed E-state index contributed by atoms with van der Waals surface area (Å²) in [7, 11) is 0. The summed E-state index contributed by atoms with van der Waals surface area (Å²) in [6.07, 6.45) is 9.57. The molecule has 2 aliphatic rings. The molecule has 2 N–H and O–H groups in total. The summed E-state index contributed by atoms with van der Waals surface area (Å²) < 4.78 is 1.70. The number of nitrogens with one attached hydrogen (secondary N) is 2. The SMILES string of the molecule is CCC(=O)N[C@H](Cc1ccc(CCC(=O)[C@@H](NC(=O)c2ccnn2C(C)C)C2CCCCCC2)cc1)C(=O)N1CCN(Cc2ccccc2)CC1. The maximum atomic E-state index is 13.8. The van der Waals surface area contributed by atoms with Gasteiger partial charge in [0.15, 0.2) is 5.78 Å². The Morgan fingerprint density at radius 2 is 1.47 bits per heavy atom. The number of hydrogen-bond acceptors (Lipinski definition) is 6. The van der Waals surface area contributed by atoms with Gasteiger partial charge in [0.25, 0.3) is 5.91 Å². The molecule has 10 heteroatoms. The predicted octanol–water partition coefficient (Wildman–Crippen LogP) is 5.52. The second-order valence-electron chi connectivity index (χ2n) is 14.5. The van der Waals surface area contributed by atoms with Crippen molar-refractivity contribution in [3.05, 3.63) is 89.2 Å². The Kier molecular flexibility index (Phi) is 14.0. The highest BCUT2D eigenvalue weighted by Gasteiger charge is 2.32. The van der Waals surface area contributed by atoms with Gasteiger partial charge in [-0.2, -0.15) is 5.10 Å². The van der Waals surface area contributed by atoms with E-state index in [2.05, 4.69) is 32.8 Å². The zero-order valence-electron chi connectivity index (χ0n) is 30.7. The fourth-order valence-electron chi connectivity index (χ4n) is 7.41. The summed E-state index contributed by atoms with van der Waals surface area (Å²) in [6.45, 7) is 9.45. The number of Topliss-reactive ketones (excluding diaryl/α,β-unsaturated/α-hetero) is 1. The van der Waals surface area contributed by atoms with E-state index in [9.17, 15) is 19.2 Å². The van der Waals surface area contributed by atoms with Crippen molar-refractivity contribution in [3.8, 4) is 0 Å². The second-order valence-corrected chi connectivity index (χ2v) is 14.5. The average Bonchev–Trinajstić information content (AvgIpc) is 3.50. The quantitative estimate of drug-likeness (QED) is 0.202. The van der Waals surface area contributed by atoms with E-state index in [4.69, 9.17) is 0 Å². The monoisotopic (exact) mass is 696 g/mol.